The molecule has 298 valence electrons. The molecule has 7 aromatic carbocycles. The van der Waals surface area contributed by atoms with Crippen LogP contribution in [0.1, 0.15) is 0 Å². The Morgan fingerprint density at radius 3 is 0.800 bits per heavy atom. The Bertz CT molecular complexity index is 2730. The lowest BCUT2D eigenvalue weighted by molar-refractivity contribution is 1.07. The second-order valence-electron chi connectivity index (χ2n) is 19.1. The minimum Gasteiger partial charge on any atom is -0.208 e. The zero-order valence-electron chi connectivity index (χ0n) is 36.5. The predicted molar refractivity (Wildman–Crippen MR) is 267 cm³/mol. The first-order valence-corrected chi connectivity index (χ1v) is 31.6. The highest BCUT2D eigenvalue weighted by Crippen LogP contribution is 2.33. The summed E-state index contributed by atoms with van der Waals surface area (Å²) in [6.07, 6.45) is 0. The number of rotatable bonds is 10. The van der Waals surface area contributed by atoms with Crippen LogP contribution in [0.4, 0.5) is 0 Å². The molecule has 0 spiro atoms. The highest BCUT2D eigenvalue weighted by Gasteiger charge is 2.20. The molecule has 0 fully saturated rings. The average molecular weight is 830 g/mol. The lowest BCUT2D eigenvalue weighted by atomic mass is 9.94. The molecule has 0 saturated heterocycles. The molecule has 1 heterocycles. The predicted octanol–water partition coefficient (Wildman–Crippen LogP) is 13.2. The van der Waals surface area contributed by atoms with Crippen LogP contribution in [0.25, 0.3) is 78.7 Å². The molecule has 60 heavy (non-hydrogen) atoms. The third kappa shape index (κ3) is 9.16. The maximum atomic E-state index is 5.12. The minimum atomic E-state index is -1.46. The van der Waals surface area contributed by atoms with E-state index in [0.29, 0.717) is 17.5 Å². The van der Waals surface area contributed by atoms with Gasteiger partial charge in [-0.2, -0.15) is 0 Å². The van der Waals surface area contributed by atoms with Gasteiger partial charge in [-0.25, -0.2) is 15.0 Å². The second kappa shape index (κ2) is 16.3. The molecular weight excluding hydrogens is 775 g/mol. The van der Waals surface area contributed by atoms with Crippen molar-refractivity contribution in [2.24, 2.45) is 0 Å². The quantitative estimate of drug-likeness (QED) is 0.129. The molecule has 0 unspecified atom stereocenters. The summed E-state index contributed by atoms with van der Waals surface area (Å²) in [5, 5.41) is 4.31. The highest BCUT2D eigenvalue weighted by molar-refractivity contribution is 6.89. The third-order valence-corrected chi connectivity index (χ3v) is 17.6. The molecule has 0 amide bonds. The topological polar surface area (TPSA) is 38.7 Å². The fourth-order valence-corrected chi connectivity index (χ4v) is 11.2. The Kier molecular flexibility index (Phi) is 11.2. The summed E-state index contributed by atoms with van der Waals surface area (Å²) in [7, 11) is -4.34. The van der Waals surface area contributed by atoms with Crippen molar-refractivity contribution in [3.05, 3.63) is 170 Å². The molecule has 8 rings (SSSR count). The largest absolute Gasteiger partial charge is 0.208 e. The van der Waals surface area contributed by atoms with E-state index in [0.717, 1.165) is 27.8 Å². The van der Waals surface area contributed by atoms with Crippen LogP contribution in [0.3, 0.4) is 0 Å². The standard InChI is InChI=1S/C54H55N3Si3/c1-58(2,3)49-29-25-38(26-30-49)52-55-53(39-27-31-50(32-28-39)59(4,5)6)57-54(56-52)48-23-13-21-46(36-48)44-19-11-17-42(34-44)40-15-10-16-41(33-40)43-18-12-20-45(35-43)47-22-14-24-51(37-47)60(7,8)9/h10-37H,1-9H3. The van der Waals surface area contributed by atoms with E-state index in [1.807, 2.05) is 0 Å². The number of nitrogens with zero attached hydrogens (tertiary/aromatic N) is 3. The van der Waals surface area contributed by atoms with E-state index < -0.39 is 24.2 Å². The molecular formula is C54H55N3Si3. The highest BCUT2D eigenvalue weighted by atomic mass is 28.3. The number of hydrogen-bond donors (Lipinski definition) is 0. The van der Waals surface area contributed by atoms with Crippen molar-refractivity contribution in [3.63, 3.8) is 0 Å². The van der Waals surface area contributed by atoms with Gasteiger partial charge in [-0.1, -0.05) is 220 Å². The Balaban J connectivity index is 1.13. The van der Waals surface area contributed by atoms with Crippen molar-refractivity contribution in [1.82, 2.24) is 15.0 Å². The van der Waals surface area contributed by atoms with Crippen LogP contribution < -0.4 is 15.6 Å². The maximum absolute atomic E-state index is 5.12. The summed E-state index contributed by atoms with van der Waals surface area (Å²) in [5.41, 5.74) is 12.5. The van der Waals surface area contributed by atoms with Gasteiger partial charge < -0.3 is 0 Å². The SMILES string of the molecule is C[Si](C)(C)c1ccc(-c2nc(-c3ccc([Si](C)(C)C)cc3)nc(-c3cccc(-c4cccc(-c5cccc(-c6cccc(-c7cccc([Si](C)(C)C)c7)c6)c5)c4)c3)n2)cc1. The van der Waals surface area contributed by atoms with E-state index in [1.165, 1.54) is 48.9 Å². The van der Waals surface area contributed by atoms with E-state index in [2.05, 4.69) is 229 Å². The van der Waals surface area contributed by atoms with Crippen molar-refractivity contribution < 1.29 is 0 Å². The first-order chi connectivity index (χ1) is 28.6. The van der Waals surface area contributed by atoms with E-state index in [4.69, 9.17) is 15.0 Å². The van der Waals surface area contributed by atoms with Crippen LogP contribution in [0.5, 0.6) is 0 Å². The lowest BCUT2D eigenvalue weighted by Gasteiger charge is -2.18. The summed E-state index contributed by atoms with van der Waals surface area (Å²) in [5.74, 6) is 2.03. The Labute approximate surface area is 360 Å². The molecule has 0 saturated carbocycles. The van der Waals surface area contributed by atoms with Crippen LogP contribution in [0, 0.1) is 0 Å². The van der Waals surface area contributed by atoms with Gasteiger partial charge in [-0.15, -0.1) is 0 Å². The van der Waals surface area contributed by atoms with Gasteiger partial charge in [0.2, 0.25) is 0 Å². The number of hydrogen-bond acceptors (Lipinski definition) is 3. The Morgan fingerprint density at radius 2 is 0.483 bits per heavy atom. The summed E-state index contributed by atoms with van der Waals surface area (Å²) in [6, 6.07) is 62.1. The van der Waals surface area contributed by atoms with Gasteiger partial charge >= 0.3 is 0 Å². The van der Waals surface area contributed by atoms with Crippen molar-refractivity contribution in [3.8, 4) is 78.7 Å². The summed E-state index contributed by atoms with van der Waals surface area (Å²) in [6.45, 7) is 21.5. The average Bonchev–Trinajstić information content (AvgIpc) is 3.26. The molecule has 6 heteroatoms. The van der Waals surface area contributed by atoms with Gasteiger partial charge in [0, 0.05) is 16.7 Å². The van der Waals surface area contributed by atoms with E-state index >= 15 is 0 Å². The Hall–Kier alpha value is -5.80. The first kappa shape index (κ1) is 41.0. The van der Waals surface area contributed by atoms with Crippen LogP contribution in [0.15, 0.2) is 170 Å². The minimum absolute atomic E-state index is 0.665. The molecule has 8 aromatic rings. The Morgan fingerprint density at radius 1 is 0.233 bits per heavy atom. The molecule has 0 aliphatic rings. The zero-order valence-corrected chi connectivity index (χ0v) is 39.5. The van der Waals surface area contributed by atoms with Crippen LogP contribution in [-0.4, -0.2) is 39.2 Å². The van der Waals surface area contributed by atoms with Crippen LogP contribution in [-0.2, 0) is 0 Å². The van der Waals surface area contributed by atoms with E-state index in [-0.39, 0.29) is 0 Å². The zero-order chi connectivity index (χ0) is 42.2. The lowest BCUT2D eigenvalue weighted by Crippen LogP contribution is -2.37. The number of benzene rings is 7. The molecule has 3 nitrogen and oxygen atoms in total. The molecule has 0 aliphatic heterocycles. The molecule has 0 bridgehead atoms. The third-order valence-electron chi connectivity index (χ3n) is 11.4. The fraction of sp³-hybridized carbons (Fsp3) is 0.167. The van der Waals surface area contributed by atoms with Gasteiger partial charge in [-0.3, -0.25) is 0 Å². The van der Waals surface area contributed by atoms with Crippen molar-refractivity contribution >= 4 is 39.8 Å². The molecule has 0 aliphatic carbocycles. The van der Waals surface area contributed by atoms with Crippen LogP contribution >= 0.6 is 0 Å². The summed E-state index contributed by atoms with van der Waals surface area (Å²) >= 11 is 0. The van der Waals surface area contributed by atoms with Gasteiger partial charge in [0.15, 0.2) is 17.5 Å². The molecule has 0 N–H and O–H groups in total. The van der Waals surface area contributed by atoms with Gasteiger partial charge in [0.1, 0.15) is 0 Å². The van der Waals surface area contributed by atoms with Crippen molar-refractivity contribution in [2.45, 2.75) is 58.9 Å². The summed E-state index contributed by atoms with van der Waals surface area (Å²) in [4.78, 5) is 15.3. The molecule has 0 radical (unpaired) electrons. The first-order valence-electron chi connectivity index (χ1n) is 21.1. The summed E-state index contributed by atoms with van der Waals surface area (Å²) < 4.78 is 0. The molecule has 1 aromatic heterocycles. The van der Waals surface area contributed by atoms with E-state index in [1.54, 1.807) is 0 Å². The number of aromatic nitrogens is 3. The van der Waals surface area contributed by atoms with Gasteiger partial charge in [0.25, 0.3) is 0 Å². The maximum Gasteiger partial charge on any atom is 0.164 e. The van der Waals surface area contributed by atoms with Gasteiger partial charge in [-0.05, 0) is 68.8 Å². The van der Waals surface area contributed by atoms with Crippen molar-refractivity contribution in [2.75, 3.05) is 0 Å². The smallest absolute Gasteiger partial charge is 0.164 e. The van der Waals surface area contributed by atoms with E-state index in [9.17, 15) is 0 Å². The van der Waals surface area contributed by atoms with Gasteiger partial charge in [0.05, 0.1) is 24.2 Å². The normalized spacial score (nSPS) is 12.1. The van der Waals surface area contributed by atoms with Crippen LogP contribution in [0.2, 0.25) is 58.9 Å². The second-order valence-corrected chi connectivity index (χ2v) is 34.3. The molecule has 0 atom stereocenters. The monoisotopic (exact) mass is 829 g/mol. The fourth-order valence-electron chi connectivity index (χ4n) is 7.64. The van der Waals surface area contributed by atoms with Crippen molar-refractivity contribution in [1.29, 1.82) is 0 Å².